The van der Waals surface area contributed by atoms with Crippen LogP contribution in [0.15, 0.2) is 60.7 Å². The average molecular weight is 402 g/mol. The van der Waals surface area contributed by atoms with Crippen molar-refractivity contribution in [2.75, 3.05) is 37.7 Å². The monoisotopic (exact) mass is 402 g/mol. The van der Waals surface area contributed by atoms with Crippen molar-refractivity contribution >= 4 is 28.7 Å². The Morgan fingerprint density at radius 2 is 1.73 bits per heavy atom. The van der Waals surface area contributed by atoms with Gasteiger partial charge in [0.25, 0.3) is 0 Å². The molecule has 0 N–H and O–H groups in total. The van der Waals surface area contributed by atoms with Crippen LogP contribution in [0.1, 0.15) is 22.3 Å². The van der Waals surface area contributed by atoms with Crippen LogP contribution in [0.4, 0.5) is 5.69 Å². The predicted molar refractivity (Wildman–Crippen MR) is 119 cm³/mol. The first-order valence-corrected chi connectivity index (χ1v) is 10.3. The van der Waals surface area contributed by atoms with Crippen molar-refractivity contribution in [3.05, 3.63) is 71.8 Å². The van der Waals surface area contributed by atoms with Crippen molar-refractivity contribution in [1.82, 2.24) is 4.90 Å². The van der Waals surface area contributed by atoms with Crippen LogP contribution >= 0.6 is 0 Å². The zero-order valence-corrected chi connectivity index (χ0v) is 17.2. The maximum Gasteiger partial charge on any atom is 0.226 e. The number of piperazine rings is 1. The van der Waals surface area contributed by atoms with E-state index in [0.29, 0.717) is 26.1 Å². The number of carbonyl (C=O) groups is 2. The van der Waals surface area contributed by atoms with Gasteiger partial charge in [0, 0.05) is 37.4 Å². The van der Waals surface area contributed by atoms with Crippen LogP contribution in [0.2, 0.25) is 0 Å². The maximum absolute atomic E-state index is 12.6. The van der Waals surface area contributed by atoms with E-state index in [1.807, 2.05) is 60.4 Å². The van der Waals surface area contributed by atoms with Gasteiger partial charge in [-0.2, -0.15) is 0 Å². The van der Waals surface area contributed by atoms with Crippen molar-refractivity contribution < 1.29 is 14.3 Å². The zero-order valence-electron chi connectivity index (χ0n) is 17.2. The highest BCUT2D eigenvalue weighted by atomic mass is 16.5. The van der Waals surface area contributed by atoms with Gasteiger partial charge in [0.2, 0.25) is 5.91 Å². The third-order valence-corrected chi connectivity index (χ3v) is 5.68. The topological polar surface area (TPSA) is 49.9 Å². The molecule has 0 aliphatic carbocycles. The third-order valence-electron chi connectivity index (χ3n) is 5.68. The molecule has 0 atom stereocenters. The molecular weight excluding hydrogens is 376 g/mol. The normalized spacial score (nSPS) is 14.0. The van der Waals surface area contributed by atoms with E-state index in [4.69, 9.17) is 4.74 Å². The summed E-state index contributed by atoms with van der Waals surface area (Å²) in [5.74, 6) is 0.920. The van der Waals surface area contributed by atoms with Gasteiger partial charge in [-0.1, -0.05) is 30.3 Å². The first-order chi connectivity index (χ1) is 14.6. The van der Waals surface area contributed by atoms with Crippen LogP contribution in [-0.4, -0.2) is 49.9 Å². The van der Waals surface area contributed by atoms with E-state index in [-0.39, 0.29) is 5.91 Å². The number of aldehydes is 1. The Balaban J connectivity index is 1.26. The van der Waals surface area contributed by atoms with Crippen molar-refractivity contribution in [2.24, 2.45) is 0 Å². The number of aryl methyl sites for hydroxylation is 1. The highest BCUT2D eigenvalue weighted by Crippen LogP contribution is 2.22. The number of ether oxygens (including phenoxy) is 1. The number of benzene rings is 3. The number of fused-ring (bicyclic) bond motifs is 1. The Morgan fingerprint density at radius 1 is 0.967 bits per heavy atom. The van der Waals surface area contributed by atoms with Gasteiger partial charge in [-0.15, -0.1) is 0 Å². The Morgan fingerprint density at radius 3 is 2.47 bits per heavy atom. The second-order valence-electron chi connectivity index (χ2n) is 7.63. The quantitative estimate of drug-likeness (QED) is 0.583. The molecule has 3 aromatic carbocycles. The highest BCUT2D eigenvalue weighted by Gasteiger charge is 2.21. The van der Waals surface area contributed by atoms with E-state index >= 15 is 0 Å². The standard InChI is InChI=1S/C25H26N2O3/c1-19-16-23(8-6-22(19)18-28)26-11-13-27(14-12-26)25(29)10-15-30-24-9-7-20-4-2-3-5-21(20)17-24/h2-9,16-18H,10-15H2,1H3. The van der Waals surface area contributed by atoms with Gasteiger partial charge >= 0.3 is 0 Å². The summed E-state index contributed by atoms with van der Waals surface area (Å²) < 4.78 is 5.81. The lowest BCUT2D eigenvalue weighted by atomic mass is 10.1. The van der Waals surface area contributed by atoms with Crippen molar-refractivity contribution in [2.45, 2.75) is 13.3 Å². The van der Waals surface area contributed by atoms with Gasteiger partial charge in [0.15, 0.2) is 0 Å². The molecule has 1 saturated heterocycles. The Bertz CT molecular complexity index is 1060. The summed E-state index contributed by atoms with van der Waals surface area (Å²) in [7, 11) is 0. The van der Waals surface area contributed by atoms with Crippen LogP contribution < -0.4 is 9.64 Å². The van der Waals surface area contributed by atoms with Crippen molar-refractivity contribution in [3.63, 3.8) is 0 Å². The molecule has 30 heavy (non-hydrogen) atoms. The molecule has 0 saturated carbocycles. The summed E-state index contributed by atoms with van der Waals surface area (Å²) in [5, 5.41) is 2.31. The molecule has 1 amide bonds. The van der Waals surface area contributed by atoms with Gasteiger partial charge in [0.1, 0.15) is 12.0 Å². The van der Waals surface area contributed by atoms with Crippen LogP contribution in [0.5, 0.6) is 5.75 Å². The Hall–Kier alpha value is -3.34. The highest BCUT2D eigenvalue weighted by molar-refractivity contribution is 5.83. The van der Waals surface area contributed by atoms with Crippen LogP contribution in [-0.2, 0) is 4.79 Å². The summed E-state index contributed by atoms with van der Waals surface area (Å²) >= 11 is 0. The molecule has 1 aliphatic rings. The second-order valence-corrected chi connectivity index (χ2v) is 7.63. The predicted octanol–water partition coefficient (Wildman–Crippen LogP) is 4.08. The number of rotatable bonds is 6. The molecule has 1 fully saturated rings. The van der Waals surface area contributed by atoms with Crippen molar-refractivity contribution in [3.8, 4) is 5.75 Å². The van der Waals surface area contributed by atoms with Gasteiger partial charge in [-0.05, 0) is 53.6 Å². The fourth-order valence-electron chi connectivity index (χ4n) is 3.87. The van der Waals surface area contributed by atoms with Crippen LogP contribution in [0.25, 0.3) is 10.8 Å². The molecule has 0 unspecified atom stereocenters. The number of amides is 1. The molecule has 3 aromatic rings. The number of carbonyl (C=O) groups excluding carboxylic acids is 2. The minimum absolute atomic E-state index is 0.128. The molecule has 0 aromatic heterocycles. The summed E-state index contributed by atoms with van der Waals surface area (Å²) in [4.78, 5) is 27.7. The van der Waals surface area contributed by atoms with Gasteiger partial charge in [-0.25, -0.2) is 0 Å². The lowest BCUT2D eigenvalue weighted by Crippen LogP contribution is -2.49. The first kappa shape index (κ1) is 20.0. The molecule has 1 heterocycles. The zero-order chi connectivity index (χ0) is 20.9. The first-order valence-electron chi connectivity index (χ1n) is 10.3. The number of hydrogen-bond donors (Lipinski definition) is 0. The molecule has 5 heteroatoms. The maximum atomic E-state index is 12.6. The smallest absolute Gasteiger partial charge is 0.226 e. The average Bonchev–Trinajstić information content (AvgIpc) is 2.79. The molecule has 1 aliphatic heterocycles. The van der Waals surface area contributed by atoms with E-state index in [1.54, 1.807) is 0 Å². The number of anilines is 1. The van der Waals surface area contributed by atoms with E-state index in [9.17, 15) is 9.59 Å². The largest absolute Gasteiger partial charge is 0.493 e. The fraction of sp³-hybridized carbons (Fsp3) is 0.280. The molecule has 5 nitrogen and oxygen atoms in total. The fourth-order valence-corrected chi connectivity index (χ4v) is 3.87. The number of hydrogen-bond acceptors (Lipinski definition) is 4. The summed E-state index contributed by atoms with van der Waals surface area (Å²) in [6.07, 6.45) is 1.26. The van der Waals surface area contributed by atoms with Crippen molar-refractivity contribution in [1.29, 1.82) is 0 Å². The summed E-state index contributed by atoms with van der Waals surface area (Å²) in [6, 6.07) is 20.0. The molecule has 4 rings (SSSR count). The van der Waals surface area contributed by atoms with Gasteiger partial charge in [0.05, 0.1) is 13.0 Å². The van der Waals surface area contributed by atoms with E-state index in [1.165, 1.54) is 5.39 Å². The van der Waals surface area contributed by atoms with E-state index in [0.717, 1.165) is 47.3 Å². The summed E-state index contributed by atoms with van der Waals surface area (Å²) in [6.45, 7) is 5.30. The lowest BCUT2D eigenvalue weighted by Gasteiger charge is -2.36. The molecular formula is C25H26N2O3. The lowest BCUT2D eigenvalue weighted by molar-refractivity contribution is -0.132. The Kier molecular flexibility index (Phi) is 5.98. The number of nitrogens with zero attached hydrogens (tertiary/aromatic N) is 2. The van der Waals surface area contributed by atoms with E-state index in [2.05, 4.69) is 17.0 Å². The Labute approximate surface area is 176 Å². The van der Waals surface area contributed by atoms with Gasteiger partial charge in [-0.3, -0.25) is 9.59 Å². The second kappa shape index (κ2) is 8.99. The minimum atomic E-state index is 0.128. The SMILES string of the molecule is Cc1cc(N2CCN(C(=O)CCOc3ccc4ccccc4c3)CC2)ccc1C=O. The summed E-state index contributed by atoms with van der Waals surface area (Å²) in [5.41, 5.74) is 2.80. The molecule has 0 bridgehead atoms. The molecule has 0 spiro atoms. The minimum Gasteiger partial charge on any atom is -0.493 e. The molecule has 154 valence electrons. The van der Waals surface area contributed by atoms with Crippen LogP contribution in [0.3, 0.4) is 0 Å². The third kappa shape index (κ3) is 4.46. The van der Waals surface area contributed by atoms with Gasteiger partial charge < -0.3 is 14.5 Å². The van der Waals surface area contributed by atoms with E-state index < -0.39 is 0 Å². The van der Waals surface area contributed by atoms with Crippen LogP contribution in [0, 0.1) is 6.92 Å². The molecule has 0 radical (unpaired) electrons.